The Hall–Kier alpha value is -1.10. The lowest BCUT2D eigenvalue weighted by Gasteiger charge is -2.10. The molecule has 0 amide bonds. The third-order valence-corrected chi connectivity index (χ3v) is 2.87. The van der Waals surface area contributed by atoms with Crippen molar-refractivity contribution in [2.75, 3.05) is 13.7 Å². The Morgan fingerprint density at radius 2 is 2.24 bits per heavy atom. The molecule has 0 heterocycles. The van der Waals surface area contributed by atoms with Gasteiger partial charge in [-0.05, 0) is 31.0 Å². The molecule has 1 rings (SSSR count). The minimum atomic E-state index is -0.433. The van der Waals surface area contributed by atoms with E-state index in [-0.39, 0.29) is 11.7 Å². The summed E-state index contributed by atoms with van der Waals surface area (Å²) in [5.74, 6) is -0.569. The van der Waals surface area contributed by atoms with Gasteiger partial charge in [-0.25, -0.2) is 4.39 Å². The summed E-state index contributed by atoms with van der Waals surface area (Å²) < 4.78 is 22.9. The largest absolute Gasteiger partial charge is 0.494 e. The molecule has 0 bridgehead atoms. The topological polar surface area (TPSA) is 35.5 Å². The zero-order valence-corrected chi connectivity index (χ0v) is 11.3. The molecule has 0 aromatic heterocycles. The third kappa shape index (κ3) is 4.00. The van der Waals surface area contributed by atoms with Gasteiger partial charge in [-0.15, -0.1) is 0 Å². The number of carbonyl (C=O) groups excluding carboxylic acids is 1. The lowest BCUT2D eigenvalue weighted by Crippen LogP contribution is -2.19. The van der Waals surface area contributed by atoms with E-state index < -0.39 is 10.6 Å². The first-order valence-corrected chi connectivity index (χ1v) is 6.13. The van der Waals surface area contributed by atoms with E-state index in [0.717, 1.165) is 5.56 Å². The second-order valence-electron chi connectivity index (χ2n) is 3.39. The number of alkyl halides is 1. The minimum absolute atomic E-state index is 0.172. The molecule has 0 aliphatic heterocycles. The van der Waals surface area contributed by atoms with Crippen molar-refractivity contribution in [1.82, 2.24) is 0 Å². The SMILES string of the molecule is CCOC(=O)C(Br)Cc1ccc(F)c(OC)c1. The average molecular weight is 305 g/mol. The van der Waals surface area contributed by atoms with Gasteiger partial charge in [0.25, 0.3) is 0 Å². The Bertz CT molecular complexity index is 395. The highest BCUT2D eigenvalue weighted by molar-refractivity contribution is 9.10. The van der Waals surface area contributed by atoms with E-state index in [4.69, 9.17) is 9.47 Å². The molecule has 0 radical (unpaired) electrons. The Morgan fingerprint density at radius 1 is 1.53 bits per heavy atom. The number of hydrogen-bond acceptors (Lipinski definition) is 3. The minimum Gasteiger partial charge on any atom is -0.494 e. The number of hydrogen-bond donors (Lipinski definition) is 0. The number of ether oxygens (including phenoxy) is 2. The van der Waals surface area contributed by atoms with Crippen LogP contribution in [0.5, 0.6) is 5.75 Å². The van der Waals surface area contributed by atoms with Gasteiger partial charge in [-0.1, -0.05) is 22.0 Å². The summed E-state index contributed by atoms with van der Waals surface area (Å²) in [5, 5.41) is 0. The monoisotopic (exact) mass is 304 g/mol. The molecular formula is C12H14BrFO3. The summed E-state index contributed by atoms with van der Waals surface area (Å²) >= 11 is 3.24. The molecule has 1 unspecified atom stereocenters. The Labute approximate surface area is 108 Å². The van der Waals surface area contributed by atoms with Gasteiger partial charge >= 0.3 is 5.97 Å². The van der Waals surface area contributed by atoms with Gasteiger partial charge in [-0.3, -0.25) is 4.79 Å². The quantitative estimate of drug-likeness (QED) is 0.620. The summed E-state index contributed by atoms with van der Waals surface area (Å²) in [6.45, 7) is 2.09. The highest BCUT2D eigenvalue weighted by Crippen LogP contribution is 2.20. The third-order valence-electron chi connectivity index (χ3n) is 2.17. The van der Waals surface area contributed by atoms with Crippen molar-refractivity contribution in [1.29, 1.82) is 0 Å². The van der Waals surface area contributed by atoms with E-state index in [1.807, 2.05) is 0 Å². The van der Waals surface area contributed by atoms with Crippen LogP contribution in [0.1, 0.15) is 12.5 Å². The maximum Gasteiger partial charge on any atom is 0.320 e. The number of rotatable bonds is 5. The fourth-order valence-electron chi connectivity index (χ4n) is 1.35. The van der Waals surface area contributed by atoms with Gasteiger partial charge in [0.15, 0.2) is 11.6 Å². The lowest BCUT2D eigenvalue weighted by atomic mass is 10.1. The molecule has 3 nitrogen and oxygen atoms in total. The second kappa shape index (κ2) is 6.59. The van der Waals surface area contributed by atoms with Crippen LogP contribution in [0, 0.1) is 5.82 Å². The first-order valence-electron chi connectivity index (χ1n) is 5.21. The van der Waals surface area contributed by atoms with Crippen molar-refractivity contribution in [2.45, 2.75) is 18.2 Å². The van der Waals surface area contributed by atoms with Crippen molar-refractivity contribution in [3.05, 3.63) is 29.6 Å². The first-order chi connectivity index (χ1) is 8.08. The molecule has 0 N–H and O–H groups in total. The highest BCUT2D eigenvalue weighted by Gasteiger charge is 2.17. The van der Waals surface area contributed by atoms with Crippen molar-refractivity contribution >= 4 is 21.9 Å². The lowest BCUT2D eigenvalue weighted by molar-refractivity contribution is -0.142. The van der Waals surface area contributed by atoms with Crippen LogP contribution in [0.2, 0.25) is 0 Å². The number of halogens is 2. The van der Waals surface area contributed by atoms with Crippen molar-refractivity contribution < 1.29 is 18.7 Å². The molecule has 0 saturated heterocycles. The van der Waals surface area contributed by atoms with Crippen molar-refractivity contribution in [3.8, 4) is 5.75 Å². The Morgan fingerprint density at radius 3 is 2.82 bits per heavy atom. The van der Waals surface area contributed by atoms with E-state index in [1.165, 1.54) is 13.2 Å². The van der Waals surface area contributed by atoms with Crippen molar-refractivity contribution in [2.24, 2.45) is 0 Å². The molecule has 94 valence electrons. The Balaban J connectivity index is 2.71. The molecule has 0 saturated carbocycles. The van der Waals surface area contributed by atoms with E-state index in [1.54, 1.807) is 19.1 Å². The van der Waals surface area contributed by atoms with E-state index in [9.17, 15) is 9.18 Å². The number of esters is 1. The molecule has 0 aliphatic rings. The number of benzene rings is 1. The van der Waals surface area contributed by atoms with Gasteiger partial charge in [0.05, 0.1) is 13.7 Å². The van der Waals surface area contributed by atoms with Crippen LogP contribution in [0.3, 0.4) is 0 Å². The highest BCUT2D eigenvalue weighted by atomic mass is 79.9. The molecule has 0 spiro atoms. The zero-order chi connectivity index (χ0) is 12.8. The van der Waals surface area contributed by atoms with Crippen LogP contribution >= 0.6 is 15.9 Å². The molecule has 1 atom stereocenters. The summed E-state index contributed by atoms with van der Waals surface area (Å²) in [5.41, 5.74) is 0.804. The van der Waals surface area contributed by atoms with Gasteiger partial charge in [-0.2, -0.15) is 0 Å². The molecule has 17 heavy (non-hydrogen) atoms. The number of methoxy groups -OCH3 is 1. The fourth-order valence-corrected chi connectivity index (χ4v) is 1.86. The van der Waals surface area contributed by atoms with Crippen molar-refractivity contribution in [3.63, 3.8) is 0 Å². The molecule has 5 heteroatoms. The van der Waals surface area contributed by atoms with Crippen LogP contribution in [-0.4, -0.2) is 24.5 Å². The fraction of sp³-hybridized carbons (Fsp3) is 0.417. The van der Waals surface area contributed by atoms with Crippen LogP contribution < -0.4 is 4.74 Å². The van der Waals surface area contributed by atoms with Gasteiger partial charge in [0.1, 0.15) is 4.83 Å². The standard InChI is InChI=1S/C12H14BrFO3/c1-3-17-12(15)9(13)6-8-4-5-10(14)11(7-8)16-2/h4-5,7,9H,3,6H2,1-2H3. The van der Waals surface area contributed by atoms with Crippen LogP contribution in [0.15, 0.2) is 18.2 Å². The van der Waals surface area contributed by atoms with Gasteiger partial charge in [0, 0.05) is 0 Å². The smallest absolute Gasteiger partial charge is 0.320 e. The molecule has 0 aliphatic carbocycles. The second-order valence-corrected chi connectivity index (χ2v) is 4.50. The van der Waals surface area contributed by atoms with Gasteiger partial charge < -0.3 is 9.47 Å². The predicted octanol–water partition coefficient (Wildman–Crippen LogP) is 2.70. The van der Waals surface area contributed by atoms with E-state index >= 15 is 0 Å². The molecule has 1 aromatic carbocycles. The Kier molecular flexibility index (Phi) is 5.41. The molecule has 1 aromatic rings. The maximum absolute atomic E-state index is 13.2. The summed E-state index contributed by atoms with van der Waals surface area (Å²) in [7, 11) is 1.40. The number of carbonyl (C=O) groups is 1. The summed E-state index contributed by atoms with van der Waals surface area (Å²) in [6, 6.07) is 4.51. The summed E-state index contributed by atoms with van der Waals surface area (Å²) in [6.07, 6.45) is 0.426. The molecule has 0 fully saturated rings. The zero-order valence-electron chi connectivity index (χ0n) is 9.70. The normalized spacial score (nSPS) is 12.0. The van der Waals surface area contributed by atoms with Crippen LogP contribution in [-0.2, 0) is 16.0 Å². The average Bonchev–Trinajstić information content (AvgIpc) is 2.31. The van der Waals surface area contributed by atoms with Gasteiger partial charge in [0.2, 0.25) is 0 Å². The van der Waals surface area contributed by atoms with Crippen LogP contribution in [0.4, 0.5) is 4.39 Å². The van der Waals surface area contributed by atoms with E-state index in [0.29, 0.717) is 13.0 Å². The maximum atomic E-state index is 13.2. The first kappa shape index (κ1) is 14.0. The van der Waals surface area contributed by atoms with E-state index in [2.05, 4.69) is 15.9 Å². The van der Waals surface area contributed by atoms with Crippen LogP contribution in [0.25, 0.3) is 0 Å². The predicted molar refractivity (Wildman–Crippen MR) is 66.0 cm³/mol. The molecular weight excluding hydrogens is 291 g/mol. The summed E-state index contributed by atoms with van der Waals surface area (Å²) in [4.78, 5) is 11.0.